The molecular formula is C21H14ClF3N2. The highest BCUT2D eigenvalue weighted by molar-refractivity contribution is 6.30. The quantitative estimate of drug-likeness (QED) is 0.376. The lowest BCUT2D eigenvalue weighted by molar-refractivity contribution is -0.137. The molecule has 0 saturated carbocycles. The van der Waals surface area contributed by atoms with Gasteiger partial charge < -0.3 is 0 Å². The molecule has 0 amide bonds. The molecule has 2 nitrogen and oxygen atoms in total. The highest BCUT2D eigenvalue weighted by Gasteiger charge is 2.31. The summed E-state index contributed by atoms with van der Waals surface area (Å²) in [6.45, 7) is 1.64. The number of alkyl halides is 3. The lowest BCUT2D eigenvalue weighted by Gasteiger charge is -2.11. The lowest BCUT2D eigenvalue weighted by Crippen LogP contribution is -2.07. The molecule has 0 N–H and O–H groups in total. The molecule has 0 spiro atoms. The number of hydrogen-bond acceptors (Lipinski definition) is 1. The summed E-state index contributed by atoms with van der Waals surface area (Å²) in [5.74, 6) is 0. The summed E-state index contributed by atoms with van der Waals surface area (Å²) in [6, 6.07) is 17.1. The van der Waals surface area contributed by atoms with Crippen molar-refractivity contribution >= 4 is 22.5 Å². The van der Waals surface area contributed by atoms with Crippen LogP contribution in [0.3, 0.4) is 0 Å². The van der Waals surface area contributed by atoms with E-state index in [1.54, 1.807) is 25.3 Å². The van der Waals surface area contributed by atoms with E-state index in [0.29, 0.717) is 16.3 Å². The molecule has 4 aromatic rings. The van der Waals surface area contributed by atoms with Crippen LogP contribution in [-0.2, 0) is 6.18 Å². The maximum absolute atomic E-state index is 13.1. The van der Waals surface area contributed by atoms with E-state index in [1.165, 1.54) is 4.68 Å². The molecule has 1 aromatic heterocycles. The monoisotopic (exact) mass is 386 g/mol. The molecule has 3 aromatic carbocycles. The molecule has 4 rings (SSSR count). The van der Waals surface area contributed by atoms with Gasteiger partial charge in [-0.05, 0) is 66.1 Å². The normalized spacial score (nSPS) is 11.9. The summed E-state index contributed by atoms with van der Waals surface area (Å²) in [6.07, 6.45) is -2.75. The van der Waals surface area contributed by atoms with Gasteiger partial charge in [-0.1, -0.05) is 29.8 Å². The second-order valence-electron chi connectivity index (χ2n) is 6.40. The molecule has 0 aliphatic heterocycles. The number of hydrogen-bond donors (Lipinski definition) is 0. The van der Waals surface area contributed by atoms with Crippen molar-refractivity contribution in [3.05, 3.63) is 83.0 Å². The highest BCUT2D eigenvalue weighted by atomic mass is 35.5. The third-order valence-corrected chi connectivity index (χ3v) is 4.60. The summed E-state index contributed by atoms with van der Waals surface area (Å²) in [5, 5.41) is 5.78. The fraction of sp³-hybridized carbons (Fsp3) is 0.0952. The van der Waals surface area contributed by atoms with Crippen LogP contribution in [0.5, 0.6) is 0 Å². The molecule has 1 heterocycles. The third kappa shape index (κ3) is 3.43. The maximum atomic E-state index is 13.1. The van der Waals surface area contributed by atoms with Crippen LogP contribution in [0.15, 0.2) is 66.9 Å². The molecule has 0 bridgehead atoms. The van der Waals surface area contributed by atoms with Gasteiger partial charge in [0.2, 0.25) is 0 Å². The summed E-state index contributed by atoms with van der Waals surface area (Å²) in [4.78, 5) is 0. The Kier molecular flexibility index (Phi) is 4.19. The molecule has 0 unspecified atom stereocenters. The molecule has 0 fully saturated rings. The predicted molar refractivity (Wildman–Crippen MR) is 101 cm³/mol. The first-order valence-corrected chi connectivity index (χ1v) is 8.62. The van der Waals surface area contributed by atoms with Gasteiger partial charge in [-0.2, -0.15) is 18.3 Å². The summed E-state index contributed by atoms with van der Waals surface area (Å²) in [5.41, 5.74) is 2.89. The SMILES string of the molecule is Cc1cc(-n2ncc3cc(-c4cccc(Cl)c4)ccc32)cc(C(F)(F)F)c1. The second-order valence-corrected chi connectivity index (χ2v) is 6.83. The van der Waals surface area contributed by atoms with Crippen molar-refractivity contribution in [1.29, 1.82) is 0 Å². The standard InChI is InChI=1S/C21H14ClF3N2/c1-13-7-17(21(23,24)25)11-19(8-13)27-20-6-5-15(9-16(20)12-26-27)14-3-2-4-18(22)10-14/h2-12H,1H3. The van der Waals surface area contributed by atoms with Crippen molar-refractivity contribution in [3.8, 4) is 16.8 Å². The topological polar surface area (TPSA) is 17.8 Å². The Morgan fingerprint density at radius 2 is 1.70 bits per heavy atom. The van der Waals surface area contributed by atoms with Gasteiger partial charge in [-0.15, -0.1) is 0 Å². The van der Waals surface area contributed by atoms with Crippen LogP contribution in [0.1, 0.15) is 11.1 Å². The molecule has 0 aliphatic carbocycles. The van der Waals surface area contributed by atoms with Crippen LogP contribution in [0.25, 0.3) is 27.7 Å². The smallest absolute Gasteiger partial charge is 0.233 e. The van der Waals surface area contributed by atoms with Crippen LogP contribution in [0.4, 0.5) is 13.2 Å². The van der Waals surface area contributed by atoms with Gasteiger partial charge in [-0.25, -0.2) is 4.68 Å². The number of fused-ring (bicyclic) bond motifs is 1. The number of benzene rings is 3. The van der Waals surface area contributed by atoms with Gasteiger partial charge in [0, 0.05) is 10.4 Å². The zero-order valence-electron chi connectivity index (χ0n) is 14.3. The maximum Gasteiger partial charge on any atom is 0.416 e. The Morgan fingerprint density at radius 1 is 0.926 bits per heavy atom. The van der Waals surface area contributed by atoms with Crippen LogP contribution in [0.2, 0.25) is 5.02 Å². The fourth-order valence-corrected chi connectivity index (χ4v) is 3.33. The summed E-state index contributed by atoms with van der Waals surface area (Å²) in [7, 11) is 0. The van der Waals surface area contributed by atoms with Gasteiger partial charge in [0.25, 0.3) is 0 Å². The third-order valence-electron chi connectivity index (χ3n) is 4.36. The van der Waals surface area contributed by atoms with Gasteiger partial charge in [-0.3, -0.25) is 0 Å². The number of aromatic nitrogens is 2. The first kappa shape index (κ1) is 17.6. The first-order chi connectivity index (χ1) is 12.8. The largest absolute Gasteiger partial charge is 0.416 e. The molecule has 136 valence electrons. The predicted octanol–water partition coefficient (Wildman–Crippen LogP) is 6.67. The molecule has 6 heteroatoms. The average Bonchev–Trinajstić information content (AvgIpc) is 3.03. The van der Waals surface area contributed by atoms with Crippen molar-refractivity contribution in [2.45, 2.75) is 13.1 Å². The van der Waals surface area contributed by atoms with Crippen molar-refractivity contribution in [2.75, 3.05) is 0 Å². The van der Waals surface area contributed by atoms with Crippen molar-refractivity contribution in [2.24, 2.45) is 0 Å². The summed E-state index contributed by atoms with van der Waals surface area (Å²) < 4.78 is 40.9. The average molecular weight is 387 g/mol. The van der Waals surface area contributed by atoms with Crippen LogP contribution in [-0.4, -0.2) is 9.78 Å². The minimum absolute atomic E-state index is 0.382. The molecule has 0 saturated heterocycles. The fourth-order valence-electron chi connectivity index (χ4n) is 3.14. The van der Waals surface area contributed by atoms with Crippen LogP contribution >= 0.6 is 11.6 Å². The number of nitrogens with zero attached hydrogens (tertiary/aromatic N) is 2. The minimum atomic E-state index is -4.40. The van der Waals surface area contributed by atoms with Crippen molar-refractivity contribution in [3.63, 3.8) is 0 Å². The highest BCUT2D eigenvalue weighted by Crippen LogP contribution is 2.33. The van der Waals surface area contributed by atoms with E-state index in [0.717, 1.165) is 34.2 Å². The van der Waals surface area contributed by atoms with E-state index in [9.17, 15) is 13.2 Å². The number of rotatable bonds is 2. The van der Waals surface area contributed by atoms with E-state index in [2.05, 4.69) is 5.10 Å². The van der Waals surface area contributed by atoms with E-state index < -0.39 is 11.7 Å². The Hall–Kier alpha value is -2.79. The van der Waals surface area contributed by atoms with Crippen LogP contribution in [0, 0.1) is 6.92 Å². The van der Waals surface area contributed by atoms with E-state index >= 15 is 0 Å². The Balaban J connectivity index is 1.82. The Labute approximate surface area is 158 Å². The van der Waals surface area contributed by atoms with E-state index in [4.69, 9.17) is 11.6 Å². The Bertz CT molecular complexity index is 1150. The van der Waals surface area contributed by atoms with E-state index in [-0.39, 0.29) is 0 Å². The Morgan fingerprint density at radius 3 is 2.44 bits per heavy atom. The van der Waals surface area contributed by atoms with Gasteiger partial charge in [0.1, 0.15) is 0 Å². The zero-order valence-corrected chi connectivity index (χ0v) is 15.0. The molecule has 0 atom stereocenters. The van der Waals surface area contributed by atoms with Crippen molar-refractivity contribution in [1.82, 2.24) is 9.78 Å². The van der Waals surface area contributed by atoms with Gasteiger partial charge in [0.15, 0.2) is 0 Å². The number of aryl methyl sites for hydroxylation is 1. The molecule has 0 radical (unpaired) electrons. The number of halogens is 4. The van der Waals surface area contributed by atoms with E-state index in [1.807, 2.05) is 36.4 Å². The van der Waals surface area contributed by atoms with Crippen molar-refractivity contribution < 1.29 is 13.2 Å². The zero-order chi connectivity index (χ0) is 19.2. The van der Waals surface area contributed by atoms with Gasteiger partial charge >= 0.3 is 6.18 Å². The molecule has 0 aliphatic rings. The van der Waals surface area contributed by atoms with Gasteiger partial charge in [0.05, 0.1) is 23.0 Å². The lowest BCUT2D eigenvalue weighted by atomic mass is 10.0. The molecule has 27 heavy (non-hydrogen) atoms. The first-order valence-electron chi connectivity index (χ1n) is 8.24. The second kappa shape index (κ2) is 6.43. The minimum Gasteiger partial charge on any atom is -0.233 e. The molecular weight excluding hydrogens is 373 g/mol. The summed E-state index contributed by atoms with van der Waals surface area (Å²) >= 11 is 6.06. The van der Waals surface area contributed by atoms with Crippen LogP contribution < -0.4 is 0 Å².